The van der Waals surface area contributed by atoms with Crippen LogP contribution in [0.25, 0.3) is 77.9 Å². The van der Waals surface area contributed by atoms with Gasteiger partial charge in [-0.2, -0.15) is 0 Å². The van der Waals surface area contributed by atoms with Gasteiger partial charge in [0, 0.05) is 5.41 Å². The van der Waals surface area contributed by atoms with Gasteiger partial charge >= 0.3 is 0 Å². The Labute approximate surface area is 443 Å². The zero-order valence-corrected chi connectivity index (χ0v) is 43.4. The van der Waals surface area contributed by atoms with Gasteiger partial charge in [0.1, 0.15) is 0 Å². The summed E-state index contributed by atoms with van der Waals surface area (Å²) in [6.45, 7) is 4.70. The third-order valence-corrected chi connectivity index (χ3v) is 18.9. The predicted molar refractivity (Wildman–Crippen MR) is 314 cm³/mol. The summed E-state index contributed by atoms with van der Waals surface area (Å²) in [5.74, 6) is 0. The van der Waals surface area contributed by atoms with Crippen molar-refractivity contribution in [3.63, 3.8) is 0 Å². The molecule has 0 radical (unpaired) electrons. The predicted octanol–water partition coefficient (Wildman–Crippen LogP) is 19.9. The van der Waals surface area contributed by atoms with E-state index < -0.39 is 0 Å². The molecule has 0 aromatic heterocycles. The molecular weight excluding hydrogens is 901 g/mol. The van der Waals surface area contributed by atoms with Crippen molar-refractivity contribution in [3.05, 3.63) is 274 Å². The molecule has 10 aromatic rings. The van der Waals surface area contributed by atoms with Gasteiger partial charge in [0.15, 0.2) is 0 Å². The van der Waals surface area contributed by atoms with E-state index in [1.54, 1.807) is 0 Å². The number of unbranched alkanes of at least 4 members (excludes halogenated alkanes) is 6. The molecule has 5 aliphatic carbocycles. The van der Waals surface area contributed by atoms with E-state index in [-0.39, 0.29) is 16.2 Å². The van der Waals surface area contributed by atoms with Crippen LogP contribution in [0, 0.1) is 0 Å². The minimum atomic E-state index is -0.370. The van der Waals surface area contributed by atoms with Crippen LogP contribution in [-0.2, 0) is 16.2 Å². The topological polar surface area (TPSA) is 0 Å². The number of hydrogen-bond acceptors (Lipinski definition) is 0. The first kappa shape index (κ1) is 44.7. The van der Waals surface area contributed by atoms with E-state index in [0.29, 0.717) is 0 Å². The maximum absolute atomic E-state index is 2.66. The Balaban J connectivity index is 0.894. The van der Waals surface area contributed by atoms with Crippen molar-refractivity contribution in [1.82, 2.24) is 0 Å². The third kappa shape index (κ3) is 6.06. The summed E-state index contributed by atoms with van der Waals surface area (Å²) < 4.78 is 0. The van der Waals surface area contributed by atoms with Gasteiger partial charge in [-0.3, -0.25) is 0 Å². The summed E-state index contributed by atoms with van der Waals surface area (Å²) in [4.78, 5) is 0. The minimum absolute atomic E-state index is 0.0901. The Morgan fingerprint density at radius 2 is 0.467 bits per heavy atom. The molecule has 0 aliphatic heterocycles. The fraction of sp³-hybridized carbons (Fsp3) is 0.200. The van der Waals surface area contributed by atoms with Crippen LogP contribution in [0.2, 0.25) is 0 Å². The number of benzene rings is 10. The smallest absolute Gasteiger partial charge is 0.0654 e. The van der Waals surface area contributed by atoms with Crippen molar-refractivity contribution in [3.8, 4) is 77.9 Å². The Morgan fingerprint density at radius 3 is 0.747 bits per heavy atom. The molecule has 75 heavy (non-hydrogen) atoms. The van der Waals surface area contributed by atoms with E-state index in [1.165, 1.54) is 198 Å². The molecule has 2 spiro atoms. The maximum Gasteiger partial charge on any atom is 0.0725 e. The lowest BCUT2D eigenvalue weighted by molar-refractivity contribution is 0.401. The highest BCUT2D eigenvalue weighted by Gasteiger charge is 2.53. The first-order valence-electron chi connectivity index (χ1n) is 28.3. The summed E-state index contributed by atoms with van der Waals surface area (Å²) in [6.07, 6.45) is 12.4. The van der Waals surface area contributed by atoms with E-state index in [1.807, 2.05) is 0 Å². The first-order chi connectivity index (χ1) is 37.1. The fourth-order valence-electron chi connectivity index (χ4n) is 15.8. The lowest BCUT2D eigenvalue weighted by atomic mass is 9.69. The van der Waals surface area contributed by atoms with Gasteiger partial charge in [0.25, 0.3) is 0 Å². The monoisotopic (exact) mass is 962 g/mol. The van der Waals surface area contributed by atoms with Gasteiger partial charge in [0.05, 0.1) is 10.8 Å². The molecule has 0 saturated carbocycles. The molecule has 362 valence electrons. The molecule has 0 N–H and O–H groups in total. The SMILES string of the molecule is CCCCCCC1(CCCCCC)c2cc(-c3ccc4c(c3)C3(c5ccccc5-c5ccccc53)c3ccccc3-4)ccc2-c2ccc(-c3ccc4c(c3)C3(c5ccccc5-c5ccccc53)c3ccccc3-4)cc21. The first-order valence-corrected chi connectivity index (χ1v) is 28.3. The van der Waals surface area contributed by atoms with Crippen LogP contribution in [0.15, 0.2) is 218 Å². The second-order valence-corrected chi connectivity index (χ2v) is 22.5. The Kier molecular flexibility index (Phi) is 10.2. The Bertz CT molecular complexity index is 3570. The molecular formula is C75H62. The van der Waals surface area contributed by atoms with Crippen LogP contribution in [0.5, 0.6) is 0 Å². The van der Waals surface area contributed by atoms with Gasteiger partial charge in [0.2, 0.25) is 0 Å². The van der Waals surface area contributed by atoms with Crippen molar-refractivity contribution in [2.24, 2.45) is 0 Å². The minimum Gasteiger partial charge on any atom is -0.0654 e. The molecule has 0 atom stereocenters. The van der Waals surface area contributed by atoms with Crippen LogP contribution >= 0.6 is 0 Å². The molecule has 0 bridgehead atoms. The molecule has 0 heteroatoms. The number of hydrogen-bond donors (Lipinski definition) is 0. The van der Waals surface area contributed by atoms with Crippen LogP contribution < -0.4 is 0 Å². The van der Waals surface area contributed by atoms with Crippen LogP contribution in [0.4, 0.5) is 0 Å². The largest absolute Gasteiger partial charge is 0.0725 e. The molecule has 5 aliphatic rings. The van der Waals surface area contributed by atoms with Crippen molar-refractivity contribution < 1.29 is 0 Å². The summed E-state index contributed by atoms with van der Waals surface area (Å²) in [7, 11) is 0. The van der Waals surface area contributed by atoms with Crippen LogP contribution in [0.1, 0.15) is 134 Å². The summed E-state index contributed by atoms with van der Waals surface area (Å²) >= 11 is 0. The van der Waals surface area contributed by atoms with Crippen molar-refractivity contribution in [2.45, 2.75) is 94.3 Å². The summed E-state index contributed by atoms with van der Waals surface area (Å²) in [5.41, 5.74) is 32.4. The maximum atomic E-state index is 2.66. The molecule has 0 nitrogen and oxygen atoms in total. The van der Waals surface area contributed by atoms with Gasteiger partial charge in [-0.15, -0.1) is 0 Å². The molecule has 15 rings (SSSR count). The van der Waals surface area contributed by atoms with Crippen molar-refractivity contribution in [2.75, 3.05) is 0 Å². The zero-order valence-electron chi connectivity index (χ0n) is 43.4. The van der Waals surface area contributed by atoms with Crippen LogP contribution in [-0.4, -0.2) is 0 Å². The molecule has 10 aromatic carbocycles. The second kappa shape index (κ2) is 17.1. The van der Waals surface area contributed by atoms with Crippen LogP contribution in [0.3, 0.4) is 0 Å². The average Bonchev–Trinajstić information content (AvgIpc) is 4.27. The Morgan fingerprint density at radius 1 is 0.227 bits per heavy atom. The van der Waals surface area contributed by atoms with Crippen molar-refractivity contribution in [1.29, 1.82) is 0 Å². The van der Waals surface area contributed by atoms with E-state index in [0.717, 1.165) is 0 Å². The quantitative estimate of drug-likeness (QED) is 0.107. The summed E-state index contributed by atoms with van der Waals surface area (Å²) in [6, 6.07) is 85.3. The zero-order chi connectivity index (χ0) is 49.9. The van der Waals surface area contributed by atoms with E-state index in [2.05, 4.69) is 232 Å². The van der Waals surface area contributed by atoms with Gasteiger partial charge in [-0.1, -0.05) is 259 Å². The number of fused-ring (bicyclic) bond motifs is 23. The second-order valence-electron chi connectivity index (χ2n) is 22.5. The van der Waals surface area contributed by atoms with Crippen molar-refractivity contribution >= 4 is 0 Å². The average molecular weight is 963 g/mol. The number of rotatable bonds is 12. The van der Waals surface area contributed by atoms with E-state index >= 15 is 0 Å². The lowest BCUT2D eigenvalue weighted by Crippen LogP contribution is -2.26. The van der Waals surface area contributed by atoms with Gasteiger partial charge < -0.3 is 0 Å². The fourth-order valence-corrected chi connectivity index (χ4v) is 15.8. The normalized spacial score (nSPS) is 15.1. The van der Waals surface area contributed by atoms with E-state index in [9.17, 15) is 0 Å². The molecule has 0 amide bonds. The van der Waals surface area contributed by atoms with Gasteiger partial charge in [-0.25, -0.2) is 0 Å². The third-order valence-electron chi connectivity index (χ3n) is 18.9. The highest BCUT2D eigenvalue weighted by molar-refractivity contribution is 5.98. The standard InChI is InChI=1S/C75H62/c1-3-5-7-21-43-73(44-22-8-6-4-2)69-45-49(51-37-41-61-57-27-13-19-33-67(57)74(71(61)47-51)63-29-15-9-23-53(63)54-24-10-16-30-64(54)74)35-39-59(69)60-40-36-50(46-70(60)73)52-38-42-62-58-28-14-20-34-68(58)75(72(62)48-52)65-31-17-11-25-55(65)56-26-12-18-32-66(56)75/h9-20,23-42,45-48H,3-8,21-22,43-44H2,1-2H3. The Hall–Kier alpha value is -7.80. The summed E-state index contributed by atoms with van der Waals surface area (Å²) in [5, 5.41) is 0. The molecule has 0 heterocycles. The highest BCUT2D eigenvalue weighted by atomic mass is 14.5. The molecule has 0 unspecified atom stereocenters. The molecule has 0 saturated heterocycles. The van der Waals surface area contributed by atoms with E-state index in [4.69, 9.17) is 0 Å². The highest BCUT2D eigenvalue weighted by Crippen LogP contribution is 2.65. The van der Waals surface area contributed by atoms with Gasteiger partial charge in [-0.05, 0) is 171 Å². The lowest BCUT2D eigenvalue weighted by Gasteiger charge is -2.34. The molecule has 0 fully saturated rings.